The highest BCUT2D eigenvalue weighted by Gasteiger charge is 2.21. The number of hydrogen-bond acceptors (Lipinski definition) is 4. The Morgan fingerprint density at radius 2 is 2.00 bits per heavy atom. The van der Waals surface area contributed by atoms with Gasteiger partial charge in [-0.2, -0.15) is 0 Å². The molecular formula is C21H20ClFN4OS. The molecule has 0 fully saturated rings. The van der Waals surface area contributed by atoms with Gasteiger partial charge in [0.1, 0.15) is 5.82 Å². The van der Waals surface area contributed by atoms with Crippen molar-refractivity contribution in [3.8, 4) is 11.4 Å². The third-order valence-electron chi connectivity index (χ3n) is 4.17. The molecule has 1 atom stereocenters. The number of thioether (sulfide) groups is 1. The van der Waals surface area contributed by atoms with Gasteiger partial charge in [-0.3, -0.25) is 9.36 Å². The lowest BCUT2D eigenvalue weighted by molar-refractivity contribution is -0.120. The SMILES string of the molecule is C=CCn1c(SC(C)C(=O)NCc2ccc(Cl)cc2)nnc1-c1ccccc1F. The summed E-state index contributed by atoms with van der Waals surface area (Å²) in [5.41, 5.74) is 1.31. The van der Waals surface area contributed by atoms with Crippen molar-refractivity contribution in [2.24, 2.45) is 0 Å². The van der Waals surface area contributed by atoms with Gasteiger partial charge in [0.15, 0.2) is 11.0 Å². The van der Waals surface area contributed by atoms with Crippen LogP contribution in [0.1, 0.15) is 12.5 Å². The van der Waals surface area contributed by atoms with E-state index in [1.165, 1.54) is 17.8 Å². The summed E-state index contributed by atoms with van der Waals surface area (Å²) in [5.74, 6) is -0.111. The highest BCUT2D eigenvalue weighted by atomic mass is 35.5. The summed E-state index contributed by atoms with van der Waals surface area (Å²) < 4.78 is 15.9. The van der Waals surface area contributed by atoms with Crippen molar-refractivity contribution < 1.29 is 9.18 Å². The average Bonchev–Trinajstić information content (AvgIpc) is 3.10. The first-order chi connectivity index (χ1) is 14.0. The molecule has 1 heterocycles. The maximum atomic E-state index is 14.2. The van der Waals surface area contributed by atoms with E-state index in [9.17, 15) is 9.18 Å². The predicted octanol–water partition coefficient (Wildman–Crippen LogP) is 4.72. The number of carbonyl (C=O) groups excluding carboxylic acids is 1. The van der Waals surface area contributed by atoms with Crippen molar-refractivity contribution in [2.45, 2.75) is 30.4 Å². The molecule has 29 heavy (non-hydrogen) atoms. The molecule has 3 aromatic rings. The number of allylic oxidation sites excluding steroid dienone is 1. The van der Waals surface area contributed by atoms with Crippen LogP contribution in [0.15, 0.2) is 66.3 Å². The Kier molecular flexibility index (Phi) is 7.06. The monoisotopic (exact) mass is 430 g/mol. The Morgan fingerprint density at radius 3 is 2.69 bits per heavy atom. The van der Waals surface area contributed by atoms with Crippen LogP contribution < -0.4 is 5.32 Å². The van der Waals surface area contributed by atoms with Crippen LogP contribution in [-0.2, 0) is 17.9 Å². The zero-order valence-electron chi connectivity index (χ0n) is 15.8. The van der Waals surface area contributed by atoms with Gasteiger partial charge in [0.25, 0.3) is 0 Å². The molecule has 1 amide bonds. The molecule has 0 saturated heterocycles. The predicted molar refractivity (Wildman–Crippen MR) is 114 cm³/mol. The molecule has 5 nitrogen and oxygen atoms in total. The molecule has 3 rings (SSSR count). The van der Waals surface area contributed by atoms with Gasteiger partial charge in [-0.15, -0.1) is 16.8 Å². The second-order valence-electron chi connectivity index (χ2n) is 6.29. The van der Waals surface area contributed by atoms with E-state index in [1.54, 1.807) is 47.9 Å². The number of rotatable bonds is 8. The first-order valence-electron chi connectivity index (χ1n) is 8.97. The Hall–Kier alpha value is -2.64. The quantitative estimate of drug-likeness (QED) is 0.415. The first-order valence-corrected chi connectivity index (χ1v) is 10.2. The third kappa shape index (κ3) is 5.25. The number of benzene rings is 2. The summed E-state index contributed by atoms with van der Waals surface area (Å²) in [4.78, 5) is 12.5. The molecule has 0 aliphatic carbocycles. The lowest BCUT2D eigenvalue weighted by Gasteiger charge is -2.13. The van der Waals surface area contributed by atoms with Crippen LogP contribution in [-0.4, -0.2) is 25.9 Å². The van der Waals surface area contributed by atoms with Gasteiger partial charge in [0.2, 0.25) is 5.91 Å². The molecule has 150 valence electrons. The normalized spacial score (nSPS) is 11.8. The van der Waals surface area contributed by atoms with Gasteiger partial charge >= 0.3 is 0 Å². The number of hydrogen-bond donors (Lipinski definition) is 1. The van der Waals surface area contributed by atoms with Crippen molar-refractivity contribution in [2.75, 3.05) is 0 Å². The number of carbonyl (C=O) groups is 1. The highest BCUT2D eigenvalue weighted by molar-refractivity contribution is 8.00. The Bertz CT molecular complexity index is 1010. The maximum Gasteiger partial charge on any atom is 0.233 e. The molecule has 1 unspecified atom stereocenters. The molecule has 0 spiro atoms. The topological polar surface area (TPSA) is 59.8 Å². The molecule has 2 aromatic carbocycles. The number of aromatic nitrogens is 3. The largest absolute Gasteiger partial charge is 0.351 e. The second kappa shape index (κ2) is 9.71. The van der Waals surface area contributed by atoms with E-state index in [2.05, 4.69) is 22.1 Å². The van der Waals surface area contributed by atoms with E-state index in [0.717, 1.165) is 5.56 Å². The minimum atomic E-state index is -0.413. The lowest BCUT2D eigenvalue weighted by Crippen LogP contribution is -2.30. The van der Waals surface area contributed by atoms with Gasteiger partial charge in [0, 0.05) is 18.1 Å². The smallest absolute Gasteiger partial charge is 0.233 e. The van der Waals surface area contributed by atoms with E-state index < -0.39 is 5.25 Å². The van der Waals surface area contributed by atoms with Gasteiger partial charge in [-0.25, -0.2) is 4.39 Å². The van der Waals surface area contributed by atoms with Crippen molar-refractivity contribution in [1.29, 1.82) is 0 Å². The Morgan fingerprint density at radius 1 is 1.28 bits per heavy atom. The zero-order valence-corrected chi connectivity index (χ0v) is 17.4. The number of halogens is 2. The molecule has 1 aromatic heterocycles. The van der Waals surface area contributed by atoms with Crippen molar-refractivity contribution in [3.05, 3.63) is 77.6 Å². The molecule has 0 aliphatic heterocycles. The molecular weight excluding hydrogens is 411 g/mol. The summed E-state index contributed by atoms with van der Waals surface area (Å²) in [6.45, 7) is 6.34. The molecule has 8 heteroatoms. The number of amides is 1. The fraction of sp³-hybridized carbons (Fsp3) is 0.190. The highest BCUT2D eigenvalue weighted by Crippen LogP contribution is 2.28. The van der Waals surface area contributed by atoms with E-state index in [1.807, 2.05) is 12.1 Å². The minimum absolute atomic E-state index is 0.134. The molecule has 0 radical (unpaired) electrons. The van der Waals surface area contributed by atoms with Gasteiger partial charge in [-0.05, 0) is 36.8 Å². The second-order valence-corrected chi connectivity index (χ2v) is 8.03. The summed E-state index contributed by atoms with van der Waals surface area (Å²) >= 11 is 7.14. The van der Waals surface area contributed by atoms with E-state index >= 15 is 0 Å². The van der Waals surface area contributed by atoms with E-state index in [0.29, 0.717) is 34.7 Å². The molecule has 0 aliphatic rings. The maximum absolute atomic E-state index is 14.2. The standard InChI is InChI=1S/C21H20ClFN4OS/c1-3-12-27-19(17-6-4-5-7-18(17)23)25-26-21(27)29-14(2)20(28)24-13-15-8-10-16(22)11-9-15/h3-11,14H,1,12-13H2,2H3,(H,24,28). The van der Waals surface area contributed by atoms with Crippen LogP contribution in [0.2, 0.25) is 5.02 Å². The van der Waals surface area contributed by atoms with Crippen LogP contribution in [0, 0.1) is 5.82 Å². The first kappa shape index (κ1) is 21.1. The third-order valence-corrected chi connectivity index (χ3v) is 5.51. The molecule has 1 N–H and O–H groups in total. The van der Waals surface area contributed by atoms with Crippen molar-refractivity contribution >= 4 is 29.3 Å². The number of nitrogens with one attached hydrogen (secondary N) is 1. The minimum Gasteiger partial charge on any atom is -0.351 e. The fourth-order valence-corrected chi connectivity index (χ4v) is 3.67. The molecule has 0 bridgehead atoms. The van der Waals surface area contributed by atoms with Gasteiger partial charge in [-0.1, -0.05) is 53.7 Å². The molecule has 0 saturated carbocycles. The van der Waals surface area contributed by atoms with Crippen LogP contribution in [0.25, 0.3) is 11.4 Å². The Labute approximate surface area is 178 Å². The van der Waals surface area contributed by atoms with E-state index in [-0.39, 0.29) is 11.7 Å². The van der Waals surface area contributed by atoms with E-state index in [4.69, 9.17) is 11.6 Å². The van der Waals surface area contributed by atoms with Gasteiger partial charge in [0.05, 0.1) is 10.8 Å². The summed E-state index contributed by atoms with van der Waals surface area (Å²) in [5, 5.41) is 12.0. The summed E-state index contributed by atoms with van der Waals surface area (Å²) in [6, 6.07) is 13.7. The number of nitrogens with zero attached hydrogens (tertiary/aromatic N) is 3. The van der Waals surface area contributed by atoms with Crippen molar-refractivity contribution in [3.63, 3.8) is 0 Å². The zero-order chi connectivity index (χ0) is 20.8. The van der Waals surface area contributed by atoms with Crippen molar-refractivity contribution in [1.82, 2.24) is 20.1 Å². The van der Waals surface area contributed by atoms with Crippen LogP contribution in [0.4, 0.5) is 4.39 Å². The van der Waals surface area contributed by atoms with Crippen LogP contribution in [0.3, 0.4) is 0 Å². The average molecular weight is 431 g/mol. The summed E-state index contributed by atoms with van der Waals surface area (Å²) in [7, 11) is 0. The van der Waals surface area contributed by atoms with Crippen LogP contribution >= 0.6 is 23.4 Å². The van der Waals surface area contributed by atoms with Gasteiger partial charge < -0.3 is 5.32 Å². The summed E-state index contributed by atoms with van der Waals surface area (Å²) in [6.07, 6.45) is 1.68. The van der Waals surface area contributed by atoms with Crippen LogP contribution in [0.5, 0.6) is 0 Å². The fourth-order valence-electron chi connectivity index (χ4n) is 2.66. The Balaban J connectivity index is 1.71. The lowest BCUT2D eigenvalue weighted by atomic mass is 10.2.